The zero-order valence-electron chi connectivity index (χ0n) is 16.5. The summed E-state index contributed by atoms with van der Waals surface area (Å²) in [6, 6.07) is 26.2. The molecule has 1 fully saturated rings. The lowest BCUT2D eigenvalue weighted by Crippen LogP contribution is -2.50. The van der Waals surface area contributed by atoms with Crippen LogP contribution in [0.15, 0.2) is 72.8 Å². The molecule has 3 aromatic rings. The van der Waals surface area contributed by atoms with Crippen molar-refractivity contribution in [2.24, 2.45) is 0 Å². The monoisotopic (exact) mass is 395 g/mol. The van der Waals surface area contributed by atoms with Gasteiger partial charge < -0.3 is 9.64 Å². The number of benzene rings is 3. The Hall–Kier alpha value is -3.62. The molecule has 0 spiro atoms. The number of rotatable bonds is 2. The van der Waals surface area contributed by atoms with Crippen LogP contribution in [0.25, 0.3) is 11.1 Å². The van der Waals surface area contributed by atoms with Gasteiger partial charge in [-0.15, -0.1) is 0 Å². The van der Waals surface area contributed by atoms with Crippen molar-refractivity contribution in [2.75, 3.05) is 26.2 Å². The van der Waals surface area contributed by atoms with Gasteiger partial charge in [0.15, 0.2) is 0 Å². The molecule has 1 aliphatic heterocycles. The largest absolute Gasteiger partial charge is 0.415 e. The number of nitriles is 1. The Bertz CT molecular complexity index is 1100. The van der Waals surface area contributed by atoms with E-state index in [9.17, 15) is 4.79 Å². The molecule has 0 N–H and O–H groups in total. The minimum atomic E-state index is -0.364. The minimum Gasteiger partial charge on any atom is -0.410 e. The van der Waals surface area contributed by atoms with Gasteiger partial charge in [-0.2, -0.15) is 5.26 Å². The van der Waals surface area contributed by atoms with Gasteiger partial charge >= 0.3 is 6.09 Å². The molecule has 1 heterocycles. The van der Waals surface area contributed by atoms with Crippen molar-refractivity contribution in [1.82, 2.24) is 9.80 Å². The topological polar surface area (TPSA) is 56.6 Å². The van der Waals surface area contributed by atoms with Gasteiger partial charge in [0, 0.05) is 26.2 Å². The van der Waals surface area contributed by atoms with Gasteiger partial charge in [-0.3, -0.25) is 4.90 Å². The highest BCUT2D eigenvalue weighted by atomic mass is 16.6. The highest BCUT2D eigenvalue weighted by Gasteiger charge is 2.35. The molecule has 30 heavy (non-hydrogen) atoms. The fourth-order valence-electron chi connectivity index (χ4n) is 4.48. The Kier molecular flexibility index (Phi) is 4.70. The average Bonchev–Trinajstić information content (AvgIpc) is 3.14. The van der Waals surface area contributed by atoms with E-state index in [0.29, 0.717) is 24.4 Å². The van der Waals surface area contributed by atoms with Crippen molar-refractivity contribution < 1.29 is 9.53 Å². The fraction of sp³-hybridized carbons (Fsp3) is 0.200. The van der Waals surface area contributed by atoms with Crippen LogP contribution in [-0.2, 0) is 0 Å². The molecule has 1 amide bonds. The molecule has 0 bridgehead atoms. The van der Waals surface area contributed by atoms with Crippen LogP contribution < -0.4 is 4.74 Å². The first-order chi connectivity index (χ1) is 14.7. The molecule has 148 valence electrons. The van der Waals surface area contributed by atoms with E-state index in [2.05, 4.69) is 59.5 Å². The van der Waals surface area contributed by atoms with E-state index < -0.39 is 0 Å². The Morgan fingerprint density at radius 3 is 2.13 bits per heavy atom. The molecule has 3 aromatic carbocycles. The zero-order valence-corrected chi connectivity index (χ0v) is 16.5. The lowest BCUT2D eigenvalue weighted by Gasteiger charge is -2.38. The number of fused-ring (bicyclic) bond motifs is 3. The first-order valence-corrected chi connectivity index (χ1v) is 10.1. The van der Waals surface area contributed by atoms with Crippen LogP contribution in [0.2, 0.25) is 0 Å². The van der Waals surface area contributed by atoms with E-state index in [1.165, 1.54) is 22.3 Å². The molecule has 0 radical (unpaired) electrons. The third-order valence-electron chi connectivity index (χ3n) is 5.91. The van der Waals surface area contributed by atoms with Crippen molar-refractivity contribution in [2.45, 2.75) is 6.04 Å². The maximum Gasteiger partial charge on any atom is 0.415 e. The van der Waals surface area contributed by atoms with Gasteiger partial charge in [0.05, 0.1) is 17.7 Å². The predicted octanol–water partition coefficient (Wildman–Crippen LogP) is 4.44. The molecule has 0 aromatic heterocycles. The van der Waals surface area contributed by atoms with Crippen molar-refractivity contribution >= 4 is 6.09 Å². The number of amides is 1. The van der Waals surface area contributed by atoms with Crippen molar-refractivity contribution in [3.63, 3.8) is 0 Å². The summed E-state index contributed by atoms with van der Waals surface area (Å²) in [7, 11) is 0. The van der Waals surface area contributed by atoms with Gasteiger partial charge in [0.2, 0.25) is 0 Å². The fourth-order valence-corrected chi connectivity index (χ4v) is 4.48. The minimum absolute atomic E-state index is 0.225. The van der Waals surface area contributed by atoms with Crippen LogP contribution in [0.5, 0.6) is 5.75 Å². The average molecular weight is 395 g/mol. The second kappa shape index (κ2) is 7.66. The smallest absolute Gasteiger partial charge is 0.410 e. The number of carbonyl (C=O) groups is 1. The SMILES string of the molecule is N#Cc1cccc(OC(=O)N2CCN(C3c4ccccc4-c4ccccc43)CC2)c1. The van der Waals surface area contributed by atoms with Crippen LogP contribution in [-0.4, -0.2) is 42.1 Å². The van der Waals surface area contributed by atoms with Crippen LogP contribution in [0.4, 0.5) is 4.79 Å². The van der Waals surface area contributed by atoms with E-state index in [-0.39, 0.29) is 12.1 Å². The summed E-state index contributed by atoms with van der Waals surface area (Å²) in [5.74, 6) is 0.403. The Balaban J connectivity index is 1.29. The summed E-state index contributed by atoms with van der Waals surface area (Å²) < 4.78 is 5.49. The van der Waals surface area contributed by atoms with Crippen LogP contribution in [0.1, 0.15) is 22.7 Å². The van der Waals surface area contributed by atoms with E-state index in [1.807, 2.05) is 0 Å². The van der Waals surface area contributed by atoms with Gasteiger partial charge in [0.1, 0.15) is 5.75 Å². The summed E-state index contributed by atoms with van der Waals surface area (Å²) in [6.07, 6.45) is -0.364. The maximum absolute atomic E-state index is 12.6. The molecule has 5 nitrogen and oxygen atoms in total. The van der Waals surface area contributed by atoms with Crippen LogP contribution >= 0.6 is 0 Å². The van der Waals surface area contributed by atoms with E-state index in [4.69, 9.17) is 10.00 Å². The highest BCUT2D eigenvalue weighted by Crippen LogP contribution is 2.46. The molecular formula is C25H21N3O2. The van der Waals surface area contributed by atoms with Gasteiger partial charge in [-0.05, 0) is 40.5 Å². The Labute approximate surface area is 175 Å². The molecule has 5 rings (SSSR count). The summed E-state index contributed by atoms with van der Waals surface area (Å²) in [6.45, 7) is 2.77. The Morgan fingerprint density at radius 2 is 1.50 bits per heavy atom. The van der Waals surface area contributed by atoms with Crippen LogP contribution in [0.3, 0.4) is 0 Å². The predicted molar refractivity (Wildman–Crippen MR) is 114 cm³/mol. The van der Waals surface area contributed by atoms with Gasteiger partial charge in [-0.1, -0.05) is 54.6 Å². The first kappa shape index (κ1) is 18.4. The van der Waals surface area contributed by atoms with Crippen molar-refractivity contribution in [1.29, 1.82) is 5.26 Å². The number of carbonyl (C=O) groups excluding carboxylic acids is 1. The summed E-state index contributed by atoms with van der Waals surface area (Å²) in [4.78, 5) is 16.8. The second-order valence-corrected chi connectivity index (χ2v) is 7.61. The van der Waals surface area contributed by atoms with Gasteiger partial charge in [0.25, 0.3) is 0 Å². The molecule has 1 saturated heterocycles. The van der Waals surface area contributed by atoms with Crippen molar-refractivity contribution in [3.8, 4) is 22.9 Å². The molecule has 0 saturated carbocycles. The second-order valence-electron chi connectivity index (χ2n) is 7.61. The number of hydrogen-bond acceptors (Lipinski definition) is 4. The number of hydrogen-bond donors (Lipinski definition) is 0. The normalized spacial score (nSPS) is 15.9. The standard InChI is InChI=1S/C25H21N3O2/c26-17-18-6-5-7-19(16-18)30-25(29)28-14-12-27(13-15-28)24-22-10-3-1-8-20(22)21-9-2-4-11-23(21)24/h1-11,16,24H,12-15H2. The van der Waals surface area contributed by atoms with Crippen molar-refractivity contribution in [3.05, 3.63) is 89.5 Å². The zero-order chi connectivity index (χ0) is 20.5. The quantitative estimate of drug-likeness (QED) is 0.644. The molecule has 0 atom stereocenters. The van der Waals surface area contributed by atoms with E-state index >= 15 is 0 Å². The summed E-state index contributed by atoms with van der Waals surface area (Å²) >= 11 is 0. The lowest BCUT2D eigenvalue weighted by molar-refractivity contribution is 0.0983. The summed E-state index contributed by atoms with van der Waals surface area (Å²) in [5, 5.41) is 9.01. The molecule has 0 unspecified atom stereocenters. The molecular weight excluding hydrogens is 374 g/mol. The molecule has 2 aliphatic rings. The number of piperazine rings is 1. The maximum atomic E-state index is 12.6. The molecule has 1 aliphatic carbocycles. The molecule has 5 heteroatoms. The van der Waals surface area contributed by atoms with E-state index in [1.54, 1.807) is 29.2 Å². The van der Waals surface area contributed by atoms with Gasteiger partial charge in [-0.25, -0.2) is 4.79 Å². The lowest BCUT2D eigenvalue weighted by atomic mass is 10.0. The highest BCUT2D eigenvalue weighted by molar-refractivity contribution is 5.78. The van der Waals surface area contributed by atoms with Crippen LogP contribution in [0, 0.1) is 11.3 Å². The first-order valence-electron chi connectivity index (χ1n) is 10.1. The Morgan fingerprint density at radius 1 is 0.867 bits per heavy atom. The van der Waals surface area contributed by atoms with E-state index in [0.717, 1.165) is 13.1 Å². The third-order valence-corrected chi connectivity index (χ3v) is 5.91. The third kappa shape index (κ3) is 3.22. The number of ether oxygens (including phenoxy) is 1. The summed E-state index contributed by atoms with van der Waals surface area (Å²) in [5.41, 5.74) is 5.75. The number of nitrogens with zero attached hydrogens (tertiary/aromatic N) is 3.